The van der Waals surface area contributed by atoms with E-state index >= 15 is 0 Å². The molecular formula is C16H11FN2O2. The number of nitrogens with one attached hydrogen (secondary N) is 1. The van der Waals surface area contributed by atoms with Gasteiger partial charge in [0.1, 0.15) is 5.82 Å². The lowest BCUT2D eigenvalue weighted by Crippen LogP contribution is -2.30. The molecule has 1 N–H and O–H groups in total. The molecule has 2 aromatic heterocycles. The summed E-state index contributed by atoms with van der Waals surface area (Å²) < 4.78 is 14.6. The molecule has 0 saturated carbocycles. The quantitative estimate of drug-likeness (QED) is 0.735. The number of imide groups is 1. The largest absolute Gasteiger partial charge is 0.323 e. The maximum absolute atomic E-state index is 12.8. The molecule has 1 aromatic carbocycles. The van der Waals surface area contributed by atoms with Gasteiger partial charge in [-0.2, -0.15) is 0 Å². The Morgan fingerprint density at radius 3 is 2.43 bits per heavy atom. The number of carbonyl (C=O) groups is 2. The number of carbonyl (C=O) groups excluding carboxylic acids is 2. The average molecular weight is 282 g/mol. The molecule has 4 nitrogen and oxygen atoms in total. The first-order valence-corrected chi connectivity index (χ1v) is 6.32. The maximum atomic E-state index is 12.8. The zero-order chi connectivity index (χ0) is 14.8. The van der Waals surface area contributed by atoms with Crippen molar-refractivity contribution in [1.82, 2.24) is 9.72 Å². The molecule has 0 atom stereocenters. The van der Waals surface area contributed by atoms with E-state index in [1.54, 1.807) is 22.7 Å². The molecular weight excluding hydrogens is 271 g/mol. The highest BCUT2D eigenvalue weighted by Crippen LogP contribution is 2.12. The summed E-state index contributed by atoms with van der Waals surface area (Å²) >= 11 is 0. The number of hydrogen-bond donors (Lipinski definition) is 1. The van der Waals surface area contributed by atoms with E-state index in [-0.39, 0.29) is 5.56 Å². The van der Waals surface area contributed by atoms with Crippen molar-refractivity contribution in [2.45, 2.75) is 0 Å². The van der Waals surface area contributed by atoms with Crippen molar-refractivity contribution in [3.8, 4) is 0 Å². The van der Waals surface area contributed by atoms with Gasteiger partial charge in [0.15, 0.2) is 0 Å². The van der Waals surface area contributed by atoms with Gasteiger partial charge >= 0.3 is 0 Å². The summed E-state index contributed by atoms with van der Waals surface area (Å²) in [7, 11) is 0. The van der Waals surface area contributed by atoms with E-state index in [2.05, 4.69) is 5.32 Å². The molecule has 2 amide bonds. The van der Waals surface area contributed by atoms with E-state index in [4.69, 9.17) is 0 Å². The number of hydrogen-bond acceptors (Lipinski definition) is 2. The van der Waals surface area contributed by atoms with Crippen LogP contribution in [0.3, 0.4) is 0 Å². The Morgan fingerprint density at radius 2 is 1.67 bits per heavy atom. The summed E-state index contributed by atoms with van der Waals surface area (Å²) in [5.41, 5.74) is 1.35. The molecule has 0 aliphatic rings. The van der Waals surface area contributed by atoms with E-state index in [1.165, 1.54) is 24.3 Å². The summed E-state index contributed by atoms with van der Waals surface area (Å²) in [4.78, 5) is 24.1. The number of nitrogens with zero attached hydrogens (tertiary/aromatic N) is 1. The molecule has 0 unspecified atom stereocenters. The fourth-order valence-electron chi connectivity index (χ4n) is 2.09. The zero-order valence-corrected chi connectivity index (χ0v) is 10.9. The van der Waals surface area contributed by atoms with Crippen LogP contribution in [0.25, 0.3) is 5.52 Å². The van der Waals surface area contributed by atoms with Crippen molar-refractivity contribution < 1.29 is 14.0 Å². The number of pyridine rings is 1. The van der Waals surface area contributed by atoms with Gasteiger partial charge in [-0.05, 0) is 42.5 Å². The molecule has 2 heterocycles. The predicted molar refractivity (Wildman–Crippen MR) is 75.6 cm³/mol. The number of benzene rings is 1. The van der Waals surface area contributed by atoms with E-state index in [0.717, 1.165) is 0 Å². The molecule has 104 valence electrons. The highest BCUT2D eigenvalue weighted by Gasteiger charge is 2.15. The van der Waals surface area contributed by atoms with Crippen LogP contribution < -0.4 is 5.32 Å². The van der Waals surface area contributed by atoms with Crippen LogP contribution in [-0.4, -0.2) is 16.2 Å². The molecule has 0 radical (unpaired) electrons. The second-order valence-corrected chi connectivity index (χ2v) is 4.51. The number of halogens is 1. The molecule has 0 saturated heterocycles. The molecule has 0 aliphatic heterocycles. The van der Waals surface area contributed by atoms with Gasteiger partial charge in [-0.15, -0.1) is 0 Å². The Morgan fingerprint density at radius 1 is 0.905 bits per heavy atom. The second kappa shape index (κ2) is 5.20. The number of rotatable bonds is 2. The van der Waals surface area contributed by atoms with Crippen LogP contribution in [0.4, 0.5) is 4.39 Å². The first-order valence-electron chi connectivity index (χ1n) is 6.32. The Bertz CT molecular complexity index is 822. The van der Waals surface area contributed by atoms with Crippen LogP contribution in [0.1, 0.15) is 20.7 Å². The van der Waals surface area contributed by atoms with Crippen molar-refractivity contribution >= 4 is 17.3 Å². The summed E-state index contributed by atoms with van der Waals surface area (Å²) in [6, 6.07) is 12.1. The molecule has 0 aliphatic carbocycles. The van der Waals surface area contributed by atoms with Gasteiger partial charge in [-0.25, -0.2) is 4.39 Å². The normalized spacial score (nSPS) is 10.5. The lowest BCUT2D eigenvalue weighted by molar-refractivity contribution is 0.0850. The van der Waals surface area contributed by atoms with E-state index in [0.29, 0.717) is 11.1 Å². The van der Waals surface area contributed by atoms with Crippen molar-refractivity contribution in [3.63, 3.8) is 0 Å². The Balaban J connectivity index is 1.83. The summed E-state index contributed by atoms with van der Waals surface area (Å²) in [6.45, 7) is 0. The first kappa shape index (κ1) is 13.1. The Labute approximate surface area is 119 Å². The van der Waals surface area contributed by atoms with Gasteiger partial charge in [-0.3, -0.25) is 14.9 Å². The van der Waals surface area contributed by atoms with Crippen LogP contribution in [0.2, 0.25) is 0 Å². The van der Waals surface area contributed by atoms with Crippen LogP contribution in [0, 0.1) is 5.82 Å². The van der Waals surface area contributed by atoms with Gasteiger partial charge in [0.2, 0.25) is 0 Å². The molecule has 3 aromatic rings. The third-order valence-electron chi connectivity index (χ3n) is 3.15. The minimum absolute atomic E-state index is 0.230. The third-order valence-corrected chi connectivity index (χ3v) is 3.15. The minimum Gasteiger partial charge on any atom is -0.323 e. The standard InChI is InChI=1S/C16H11FN2O2/c17-12-6-4-11(5-7-12)15(20)18-16(21)13-8-10-19-9-2-1-3-14(13)19/h1-10H,(H,18,20,21). The van der Waals surface area contributed by atoms with Gasteiger partial charge in [0, 0.05) is 18.0 Å². The van der Waals surface area contributed by atoms with Gasteiger partial charge in [-0.1, -0.05) is 6.07 Å². The Hall–Kier alpha value is -2.95. The van der Waals surface area contributed by atoms with Crippen LogP contribution in [0.5, 0.6) is 0 Å². The van der Waals surface area contributed by atoms with Crippen molar-refractivity contribution in [2.24, 2.45) is 0 Å². The Kier molecular flexibility index (Phi) is 3.23. The van der Waals surface area contributed by atoms with Gasteiger partial charge < -0.3 is 4.40 Å². The molecule has 3 rings (SSSR count). The molecule has 0 fully saturated rings. The van der Waals surface area contributed by atoms with Crippen LogP contribution >= 0.6 is 0 Å². The van der Waals surface area contributed by atoms with Gasteiger partial charge in [0.05, 0.1) is 11.1 Å². The predicted octanol–water partition coefficient (Wildman–Crippen LogP) is 2.65. The van der Waals surface area contributed by atoms with E-state index in [1.807, 2.05) is 18.3 Å². The summed E-state index contributed by atoms with van der Waals surface area (Å²) in [5.74, 6) is -1.48. The maximum Gasteiger partial charge on any atom is 0.260 e. The lowest BCUT2D eigenvalue weighted by atomic mass is 10.2. The van der Waals surface area contributed by atoms with Crippen molar-refractivity contribution in [3.05, 3.63) is 77.9 Å². The lowest BCUT2D eigenvalue weighted by Gasteiger charge is -2.04. The number of amides is 2. The first-order chi connectivity index (χ1) is 10.1. The topological polar surface area (TPSA) is 50.6 Å². The fraction of sp³-hybridized carbons (Fsp3) is 0. The van der Waals surface area contributed by atoms with Crippen molar-refractivity contribution in [1.29, 1.82) is 0 Å². The zero-order valence-electron chi connectivity index (χ0n) is 10.9. The average Bonchev–Trinajstić information content (AvgIpc) is 2.92. The van der Waals surface area contributed by atoms with Crippen LogP contribution in [-0.2, 0) is 0 Å². The summed E-state index contributed by atoms with van der Waals surface area (Å²) in [6.07, 6.45) is 3.56. The van der Waals surface area contributed by atoms with Crippen molar-refractivity contribution in [2.75, 3.05) is 0 Å². The van der Waals surface area contributed by atoms with Gasteiger partial charge in [0.25, 0.3) is 11.8 Å². The number of fused-ring (bicyclic) bond motifs is 1. The SMILES string of the molecule is O=C(NC(=O)c1ccn2ccccc12)c1ccc(F)cc1. The fourth-order valence-corrected chi connectivity index (χ4v) is 2.09. The van der Waals surface area contributed by atoms with Crippen LogP contribution in [0.15, 0.2) is 60.9 Å². The summed E-state index contributed by atoms with van der Waals surface area (Å²) in [5, 5.41) is 2.30. The number of aromatic nitrogens is 1. The molecule has 21 heavy (non-hydrogen) atoms. The monoisotopic (exact) mass is 282 g/mol. The molecule has 5 heteroatoms. The second-order valence-electron chi connectivity index (χ2n) is 4.51. The smallest absolute Gasteiger partial charge is 0.260 e. The molecule has 0 spiro atoms. The van der Waals surface area contributed by atoms with E-state index < -0.39 is 17.6 Å². The highest BCUT2D eigenvalue weighted by molar-refractivity contribution is 6.12. The van der Waals surface area contributed by atoms with E-state index in [9.17, 15) is 14.0 Å². The highest BCUT2D eigenvalue weighted by atomic mass is 19.1. The third kappa shape index (κ3) is 2.53. The minimum atomic E-state index is -0.560. The molecule has 0 bridgehead atoms.